The number of nitrogens with one attached hydrogen (secondary N) is 2. The number of aliphatic hydroxyl groups excluding tert-OH is 1. The first kappa shape index (κ1) is 30.0. The highest BCUT2D eigenvalue weighted by atomic mass is 16.7. The van der Waals surface area contributed by atoms with Crippen LogP contribution in [0.15, 0.2) is 73.1 Å². The van der Waals surface area contributed by atoms with Crippen molar-refractivity contribution in [1.82, 2.24) is 20.3 Å². The summed E-state index contributed by atoms with van der Waals surface area (Å²) in [5.74, 6) is -1.45. The number of imidazole rings is 1. The van der Waals surface area contributed by atoms with E-state index in [1.165, 1.54) is 0 Å². The second-order valence-electron chi connectivity index (χ2n) is 10.4. The van der Waals surface area contributed by atoms with Crippen molar-refractivity contribution in [2.24, 2.45) is 17.8 Å². The molecule has 1 aromatic heterocycles. The number of aromatic nitrogens is 2. The molecule has 210 valence electrons. The minimum atomic E-state index is -1.58. The van der Waals surface area contributed by atoms with E-state index < -0.39 is 29.9 Å². The molecule has 2 amide bonds. The van der Waals surface area contributed by atoms with Crippen LogP contribution in [0, 0.1) is 17.8 Å². The molecule has 9 nitrogen and oxygen atoms in total. The van der Waals surface area contributed by atoms with E-state index in [-0.39, 0.29) is 25.2 Å². The van der Waals surface area contributed by atoms with Gasteiger partial charge in [-0.1, -0.05) is 88.4 Å². The summed E-state index contributed by atoms with van der Waals surface area (Å²) in [4.78, 5) is 36.0. The molecule has 0 bridgehead atoms. The van der Waals surface area contributed by atoms with Gasteiger partial charge in [0.2, 0.25) is 5.91 Å². The fraction of sp³-hybridized carbons (Fsp3) is 0.433. The minimum absolute atomic E-state index is 0.0101. The Kier molecular flexibility index (Phi) is 11.7. The summed E-state index contributed by atoms with van der Waals surface area (Å²) < 4.78 is 7.74. The fourth-order valence-corrected chi connectivity index (χ4v) is 4.23. The molecule has 0 radical (unpaired) electrons. The monoisotopic (exact) mass is 536 g/mol. The molecule has 2 aromatic carbocycles. The number of carbonyl (C=O) groups is 2. The number of hydroxylamine groups is 1. The van der Waals surface area contributed by atoms with Gasteiger partial charge in [0.15, 0.2) is 0 Å². The van der Waals surface area contributed by atoms with Crippen LogP contribution in [0.4, 0.5) is 0 Å². The molecule has 0 aliphatic heterocycles. The molecule has 3 unspecified atom stereocenters. The number of aliphatic hydroxyl groups is 1. The first-order chi connectivity index (χ1) is 18.8. The lowest BCUT2D eigenvalue weighted by atomic mass is 9.90. The van der Waals surface area contributed by atoms with Crippen LogP contribution in [-0.2, 0) is 39.1 Å². The first-order valence-electron chi connectivity index (χ1n) is 13.3. The quantitative estimate of drug-likeness (QED) is 0.252. The summed E-state index contributed by atoms with van der Waals surface area (Å²) >= 11 is 0. The SMILES string of the molecule is CC(C)CC(C(=O)NC(c1nccn1COCc1ccccc1)C(C)C)C(O)C(=O)NOCc1ccccc1. The van der Waals surface area contributed by atoms with Gasteiger partial charge in [-0.3, -0.25) is 14.4 Å². The van der Waals surface area contributed by atoms with Crippen LogP contribution in [0.1, 0.15) is 57.1 Å². The minimum Gasteiger partial charge on any atom is -0.382 e. The number of hydrogen-bond acceptors (Lipinski definition) is 6. The van der Waals surface area contributed by atoms with Crippen molar-refractivity contribution in [3.63, 3.8) is 0 Å². The third-order valence-electron chi connectivity index (χ3n) is 6.30. The maximum atomic E-state index is 13.5. The molecular weight excluding hydrogens is 496 g/mol. The summed E-state index contributed by atoms with van der Waals surface area (Å²) in [6.07, 6.45) is 2.21. The zero-order chi connectivity index (χ0) is 28.2. The summed E-state index contributed by atoms with van der Waals surface area (Å²) in [5.41, 5.74) is 4.21. The van der Waals surface area contributed by atoms with Gasteiger partial charge in [0.05, 0.1) is 25.2 Å². The predicted molar refractivity (Wildman–Crippen MR) is 148 cm³/mol. The number of ether oxygens (including phenoxy) is 1. The predicted octanol–water partition coefficient (Wildman–Crippen LogP) is 4.14. The van der Waals surface area contributed by atoms with Crippen molar-refractivity contribution < 1.29 is 24.3 Å². The highest BCUT2D eigenvalue weighted by molar-refractivity contribution is 5.88. The van der Waals surface area contributed by atoms with Crippen molar-refractivity contribution in [2.75, 3.05) is 0 Å². The smallest absolute Gasteiger partial charge is 0.273 e. The molecule has 0 aliphatic carbocycles. The molecule has 9 heteroatoms. The summed E-state index contributed by atoms with van der Waals surface area (Å²) in [6.45, 7) is 8.69. The summed E-state index contributed by atoms with van der Waals surface area (Å²) in [7, 11) is 0. The van der Waals surface area contributed by atoms with E-state index in [2.05, 4.69) is 15.8 Å². The zero-order valence-electron chi connectivity index (χ0n) is 23.1. The van der Waals surface area contributed by atoms with Gasteiger partial charge in [-0.25, -0.2) is 10.5 Å². The highest BCUT2D eigenvalue weighted by Crippen LogP contribution is 2.24. The van der Waals surface area contributed by atoms with Gasteiger partial charge in [0.1, 0.15) is 18.7 Å². The Morgan fingerprint density at radius 1 is 0.923 bits per heavy atom. The lowest BCUT2D eigenvalue weighted by Crippen LogP contribution is -2.47. The van der Waals surface area contributed by atoms with Crippen molar-refractivity contribution in [1.29, 1.82) is 0 Å². The van der Waals surface area contributed by atoms with Gasteiger partial charge >= 0.3 is 0 Å². The van der Waals surface area contributed by atoms with Gasteiger partial charge in [0, 0.05) is 12.4 Å². The van der Waals surface area contributed by atoms with Crippen molar-refractivity contribution in [3.05, 3.63) is 90.0 Å². The fourth-order valence-electron chi connectivity index (χ4n) is 4.23. The van der Waals surface area contributed by atoms with Crippen LogP contribution < -0.4 is 10.8 Å². The van der Waals surface area contributed by atoms with Gasteiger partial charge in [-0.15, -0.1) is 0 Å². The topological polar surface area (TPSA) is 115 Å². The summed E-state index contributed by atoms with van der Waals surface area (Å²) in [5, 5.41) is 13.9. The number of amides is 2. The average Bonchev–Trinajstić information content (AvgIpc) is 3.38. The third-order valence-corrected chi connectivity index (χ3v) is 6.30. The Morgan fingerprint density at radius 3 is 2.13 bits per heavy atom. The molecule has 3 rings (SSSR count). The highest BCUT2D eigenvalue weighted by Gasteiger charge is 2.35. The molecule has 3 aromatic rings. The number of hydrogen-bond donors (Lipinski definition) is 3. The Hall–Kier alpha value is -3.53. The molecule has 0 saturated carbocycles. The number of benzene rings is 2. The third kappa shape index (κ3) is 9.31. The molecule has 0 fully saturated rings. The van der Waals surface area contributed by atoms with Crippen LogP contribution in [-0.4, -0.2) is 32.6 Å². The van der Waals surface area contributed by atoms with Crippen LogP contribution in [0.25, 0.3) is 0 Å². The first-order valence-corrected chi connectivity index (χ1v) is 13.3. The molecule has 3 N–H and O–H groups in total. The van der Waals surface area contributed by atoms with E-state index in [4.69, 9.17) is 9.57 Å². The van der Waals surface area contributed by atoms with Gasteiger partial charge in [-0.05, 0) is 29.4 Å². The van der Waals surface area contributed by atoms with Gasteiger partial charge < -0.3 is 19.7 Å². The summed E-state index contributed by atoms with van der Waals surface area (Å²) in [6, 6.07) is 18.8. The van der Waals surface area contributed by atoms with Crippen LogP contribution in [0.3, 0.4) is 0 Å². The van der Waals surface area contributed by atoms with E-state index in [1.807, 2.05) is 92.9 Å². The lowest BCUT2D eigenvalue weighted by Gasteiger charge is -2.28. The van der Waals surface area contributed by atoms with E-state index in [0.29, 0.717) is 18.9 Å². The van der Waals surface area contributed by atoms with E-state index in [0.717, 1.165) is 11.1 Å². The molecule has 0 saturated heterocycles. The van der Waals surface area contributed by atoms with Crippen molar-refractivity contribution >= 4 is 11.8 Å². The Labute approximate surface area is 230 Å². The number of carbonyl (C=O) groups excluding carboxylic acids is 2. The second kappa shape index (κ2) is 15.2. The van der Waals surface area contributed by atoms with Crippen molar-refractivity contribution in [3.8, 4) is 0 Å². The van der Waals surface area contributed by atoms with Gasteiger partial charge in [0.25, 0.3) is 5.91 Å². The normalized spacial score (nSPS) is 13.7. The van der Waals surface area contributed by atoms with E-state index >= 15 is 0 Å². The maximum absolute atomic E-state index is 13.5. The molecule has 3 atom stereocenters. The second-order valence-corrected chi connectivity index (χ2v) is 10.4. The average molecular weight is 537 g/mol. The Balaban J connectivity index is 1.64. The molecule has 1 heterocycles. The van der Waals surface area contributed by atoms with E-state index in [9.17, 15) is 14.7 Å². The standard InChI is InChI=1S/C30H40N4O5/c1-21(2)17-25(27(35)30(37)33-39-19-24-13-9-6-10-14-24)29(36)32-26(22(3)4)28-31-15-16-34(28)20-38-18-23-11-7-5-8-12-23/h5-16,21-22,25-27,35H,17-20H2,1-4H3,(H,32,36)(H,33,37). The maximum Gasteiger partial charge on any atom is 0.273 e. The largest absolute Gasteiger partial charge is 0.382 e. The lowest BCUT2D eigenvalue weighted by molar-refractivity contribution is -0.151. The number of nitrogens with zero attached hydrogens (tertiary/aromatic N) is 2. The van der Waals surface area contributed by atoms with Crippen LogP contribution >= 0.6 is 0 Å². The molecule has 0 spiro atoms. The molecule has 39 heavy (non-hydrogen) atoms. The van der Waals surface area contributed by atoms with Crippen LogP contribution in [0.5, 0.6) is 0 Å². The zero-order valence-corrected chi connectivity index (χ0v) is 23.1. The molecule has 0 aliphatic rings. The Morgan fingerprint density at radius 2 is 1.54 bits per heavy atom. The van der Waals surface area contributed by atoms with Gasteiger partial charge in [-0.2, -0.15) is 0 Å². The molecular formula is C30H40N4O5. The van der Waals surface area contributed by atoms with E-state index in [1.54, 1.807) is 12.4 Å². The van der Waals surface area contributed by atoms with Crippen LogP contribution in [0.2, 0.25) is 0 Å². The van der Waals surface area contributed by atoms with Crippen molar-refractivity contribution in [2.45, 2.75) is 66.2 Å². The Bertz CT molecular complexity index is 1150. The number of rotatable bonds is 15.